The van der Waals surface area contributed by atoms with E-state index < -0.39 is 0 Å². The topological polar surface area (TPSA) is 26.3 Å². The fourth-order valence-electron chi connectivity index (χ4n) is 1.88. The third-order valence-electron chi connectivity index (χ3n) is 2.95. The molecule has 98 valence electrons. The molecule has 3 heteroatoms. The van der Waals surface area contributed by atoms with Crippen LogP contribution in [0.25, 0.3) is 0 Å². The van der Waals surface area contributed by atoms with Gasteiger partial charge in [-0.05, 0) is 30.7 Å². The molecule has 2 aromatic rings. The monoisotopic (exact) mass is 274 g/mol. The average Bonchev–Trinajstić information content (AvgIpc) is 2.41. The Morgan fingerprint density at radius 3 is 2.47 bits per heavy atom. The van der Waals surface area contributed by atoms with E-state index in [0.717, 1.165) is 5.56 Å². The summed E-state index contributed by atoms with van der Waals surface area (Å²) in [7, 11) is 1.54. The molecule has 0 bridgehead atoms. The van der Waals surface area contributed by atoms with Crippen molar-refractivity contribution in [2.24, 2.45) is 0 Å². The number of carbonyl (C=O) groups is 1. The lowest BCUT2D eigenvalue weighted by atomic mass is 10.0. The molecule has 0 saturated carbocycles. The summed E-state index contributed by atoms with van der Waals surface area (Å²) < 4.78 is 5.20. The lowest BCUT2D eigenvalue weighted by Crippen LogP contribution is -2.05. The van der Waals surface area contributed by atoms with Gasteiger partial charge in [0.15, 0.2) is 5.78 Å². The van der Waals surface area contributed by atoms with E-state index in [2.05, 4.69) is 0 Å². The Balaban J connectivity index is 2.22. The van der Waals surface area contributed by atoms with Crippen LogP contribution < -0.4 is 4.74 Å². The largest absolute Gasteiger partial charge is 0.496 e. The first-order chi connectivity index (χ1) is 9.10. The third-order valence-corrected chi connectivity index (χ3v) is 3.18. The first kappa shape index (κ1) is 13.6. The summed E-state index contributed by atoms with van der Waals surface area (Å²) in [6, 6.07) is 13.0. The van der Waals surface area contributed by atoms with Gasteiger partial charge in [0.1, 0.15) is 5.75 Å². The van der Waals surface area contributed by atoms with E-state index in [9.17, 15) is 4.79 Å². The minimum absolute atomic E-state index is 0.0253. The zero-order valence-corrected chi connectivity index (χ0v) is 11.7. The van der Waals surface area contributed by atoms with Crippen LogP contribution in [0, 0.1) is 6.92 Å². The molecule has 0 unspecified atom stereocenters. The number of hydrogen-bond donors (Lipinski definition) is 0. The van der Waals surface area contributed by atoms with Crippen molar-refractivity contribution in [1.29, 1.82) is 0 Å². The van der Waals surface area contributed by atoms with Crippen LogP contribution in [0.1, 0.15) is 21.5 Å². The van der Waals surface area contributed by atoms with Gasteiger partial charge in [-0.3, -0.25) is 4.79 Å². The SMILES string of the molecule is COc1cc(Cl)ccc1C(=O)Cc1ccc(C)cc1. The fraction of sp³-hybridized carbons (Fsp3) is 0.188. The minimum Gasteiger partial charge on any atom is -0.496 e. The van der Waals surface area contributed by atoms with Gasteiger partial charge in [-0.25, -0.2) is 0 Å². The van der Waals surface area contributed by atoms with Gasteiger partial charge in [0.25, 0.3) is 0 Å². The maximum absolute atomic E-state index is 12.3. The molecule has 2 rings (SSSR count). The molecule has 0 atom stereocenters. The van der Waals surface area contributed by atoms with Crippen LogP contribution in [0.5, 0.6) is 5.75 Å². The van der Waals surface area contributed by atoms with Crippen molar-refractivity contribution in [1.82, 2.24) is 0 Å². The van der Waals surface area contributed by atoms with Crippen molar-refractivity contribution in [3.63, 3.8) is 0 Å². The molecule has 0 heterocycles. The molecule has 0 aliphatic carbocycles. The summed E-state index contributed by atoms with van der Waals surface area (Å²) in [5, 5.41) is 0.559. The highest BCUT2D eigenvalue weighted by atomic mass is 35.5. The van der Waals surface area contributed by atoms with E-state index in [1.54, 1.807) is 18.2 Å². The Labute approximate surface area is 118 Å². The maximum atomic E-state index is 12.3. The van der Waals surface area contributed by atoms with Gasteiger partial charge >= 0.3 is 0 Å². The van der Waals surface area contributed by atoms with Gasteiger partial charge in [0, 0.05) is 11.4 Å². The quantitative estimate of drug-likeness (QED) is 0.785. The molecular weight excluding hydrogens is 260 g/mol. The molecule has 0 aliphatic rings. The average molecular weight is 275 g/mol. The summed E-state index contributed by atoms with van der Waals surface area (Å²) >= 11 is 5.89. The van der Waals surface area contributed by atoms with Crippen molar-refractivity contribution < 1.29 is 9.53 Å². The Morgan fingerprint density at radius 1 is 1.16 bits per heavy atom. The van der Waals surface area contributed by atoms with Crippen LogP contribution in [-0.4, -0.2) is 12.9 Å². The lowest BCUT2D eigenvalue weighted by molar-refractivity contribution is 0.0990. The highest BCUT2D eigenvalue weighted by Gasteiger charge is 2.13. The van der Waals surface area contributed by atoms with Crippen LogP contribution in [0.3, 0.4) is 0 Å². The Bertz CT molecular complexity index is 588. The molecule has 2 nitrogen and oxygen atoms in total. The third kappa shape index (κ3) is 3.36. The number of rotatable bonds is 4. The normalized spacial score (nSPS) is 10.3. The summed E-state index contributed by atoms with van der Waals surface area (Å²) in [6.45, 7) is 2.02. The van der Waals surface area contributed by atoms with E-state index in [4.69, 9.17) is 16.3 Å². The highest BCUT2D eigenvalue weighted by Crippen LogP contribution is 2.24. The summed E-state index contributed by atoms with van der Waals surface area (Å²) in [5.41, 5.74) is 2.74. The molecule has 0 amide bonds. The first-order valence-corrected chi connectivity index (χ1v) is 6.40. The molecule has 0 fully saturated rings. The number of benzene rings is 2. The number of ether oxygens (including phenoxy) is 1. The van der Waals surface area contributed by atoms with Gasteiger partial charge in [0.2, 0.25) is 0 Å². The Morgan fingerprint density at radius 2 is 1.84 bits per heavy atom. The van der Waals surface area contributed by atoms with Gasteiger partial charge in [-0.15, -0.1) is 0 Å². The summed E-state index contributed by atoms with van der Waals surface area (Å²) in [6.07, 6.45) is 0.359. The molecule has 19 heavy (non-hydrogen) atoms. The van der Waals surface area contributed by atoms with Crippen molar-refractivity contribution >= 4 is 17.4 Å². The summed E-state index contributed by atoms with van der Waals surface area (Å²) in [5.74, 6) is 0.544. The molecule has 0 aliphatic heterocycles. The second kappa shape index (κ2) is 5.89. The second-order valence-electron chi connectivity index (χ2n) is 4.43. The van der Waals surface area contributed by atoms with Crippen LogP contribution in [-0.2, 0) is 6.42 Å². The molecule has 0 spiro atoms. The number of ketones is 1. The summed E-state index contributed by atoms with van der Waals surface area (Å²) in [4.78, 5) is 12.3. The van der Waals surface area contributed by atoms with Gasteiger partial charge < -0.3 is 4.74 Å². The number of methoxy groups -OCH3 is 1. The molecule has 2 aromatic carbocycles. The van der Waals surface area contributed by atoms with Crippen LogP contribution in [0.15, 0.2) is 42.5 Å². The van der Waals surface area contributed by atoms with Crippen molar-refractivity contribution in [2.75, 3.05) is 7.11 Å². The van der Waals surface area contributed by atoms with E-state index in [0.29, 0.717) is 22.8 Å². The number of carbonyl (C=O) groups excluding carboxylic acids is 1. The Hall–Kier alpha value is -1.80. The highest BCUT2D eigenvalue weighted by molar-refractivity contribution is 6.30. The zero-order valence-electron chi connectivity index (χ0n) is 10.9. The van der Waals surface area contributed by atoms with Crippen LogP contribution in [0.2, 0.25) is 5.02 Å². The van der Waals surface area contributed by atoms with E-state index >= 15 is 0 Å². The minimum atomic E-state index is 0.0253. The smallest absolute Gasteiger partial charge is 0.170 e. The van der Waals surface area contributed by atoms with Gasteiger partial charge in [-0.1, -0.05) is 41.4 Å². The maximum Gasteiger partial charge on any atom is 0.170 e. The first-order valence-electron chi connectivity index (χ1n) is 6.02. The van der Waals surface area contributed by atoms with E-state index in [1.807, 2.05) is 31.2 Å². The standard InChI is InChI=1S/C16H15ClO2/c1-11-3-5-12(6-4-11)9-15(18)14-8-7-13(17)10-16(14)19-2/h3-8,10H,9H2,1-2H3. The predicted molar refractivity (Wildman–Crippen MR) is 77.2 cm³/mol. The predicted octanol–water partition coefficient (Wildman–Crippen LogP) is 4.08. The van der Waals surface area contributed by atoms with Crippen LogP contribution >= 0.6 is 11.6 Å². The van der Waals surface area contributed by atoms with E-state index in [1.165, 1.54) is 12.7 Å². The van der Waals surface area contributed by atoms with Crippen molar-refractivity contribution in [3.05, 3.63) is 64.2 Å². The molecule has 0 radical (unpaired) electrons. The Kier molecular flexibility index (Phi) is 4.23. The number of aryl methyl sites for hydroxylation is 1. The lowest BCUT2D eigenvalue weighted by Gasteiger charge is -2.08. The number of halogens is 1. The van der Waals surface area contributed by atoms with Gasteiger partial charge in [-0.2, -0.15) is 0 Å². The molecule has 0 N–H and O–H groups in total. The molecular formula is C16H15ClO2. The second-order valence-corrected chi connectivity index (χ2v) is 4.87. The molecule has 0 saturated heterocycles. The fourth-order valence-corrected chi connectivity index (χ4v) is 2.04. The van der Waals surface area contributed by atoms with Crippen molar-refractivity contribution in [2.45, 2.75) is 13.3 Å². The number of hydrogen-bond acceptors (Lipinski definition) is 2. The number of Topliss-reactive ketones (excluding diaryl/α,β-unsaturated/α-hetero) is 1. The van der Waals surface area contributed by atoms with Crippen LogP contribution in [0.4, 0.5) is 0 Å². The van der Waals surface area contributed by atoms with E-state index in [-0.39, 0.29) is 5.78 Å². The molecule has 0 aromatic heterocycles. The zero-order chi connectivity index (χ0) is 13.8. The van der Waals surface area contributed by atoms with Gasteiger partial charge in [0.05, 0.1) is 12.7 Å². The van der Waals surface area contributed by atoms with Crippen molar-refractivity contribution in [3.8, 4) is 5.75 Å².